The summed E-state index contributed by atoms with van der Waals surface area (Å²) in [7, 11) is 1.77. The van der Waals surface area contributed by atoms with Crippen molar-refractivity contribution in [3.05, 3.63) is 0 Å². The predicted molar refractivity (Wildman–Crippen MR) is 83.2 cm³/mol. The monoisotopic (exact) mass is 299 g/mol. The minimum atomic E-state index is -0.401. The van der Waals surface area contributed by atoms with Crippen molar-refractivity contribution in [2.45, 2.75) is 58.5 Å². The number of unbranched alkanes of at least 4 members (excludes halogenated alkanes) is 1. The van der Waals surface area contributed by atoms with Crippen LogP contribution in [-0.4, -0.2) is 49.7 Å². The number of hydrogen-bond acceptors (Lipinski definition) is 5. The van der Waals surface area contributed by atoms with Crippen LogP contribution in [0.2, 0.25) is 0 Å². The van der Waals surface area contributed by atoms with Gasteiger partial charge in [0.25, 0.3) is 0 Å². The highest BCUT2D eigenvalue weighted by Gasteiger charge is 2.16. The Morgan fingerprint density at radius 3 is 2.10 bits per heavy atom. The summed E-state index contributed by atoms with van der Waals surface area (Å²) in [5, 5.41) is 8.78. The first-order valence-electron chi connectivity index (χ1n) is 7.60. The number of Topliss-reactive ketones (excluding diaryl/α,β-unsaturated/α-hetero) is 2. The highest BCUT2D eigenvalue weighted by Crippen LogP contribution is 2.01. The van der Waals surface area contributed by atoms with Crippen LogP contribution in [0.1, 0.15) is 46.5 Å². The van der Waals surface area contributed by atoms with Crippen LogP contribution >= 0.6 is 0 Å². The summed E-state index contributed by atoms with van der Waals surface area (Å²) in [6.45, 7) is 6.20. The van der Waals surface area contributed by atoms with Gasteiger partial charge in [-0.2, -0.15) is 0 Å². The fourth-order valence-corrected chi connectivity index (χ4v) is 2.12. The Balaban J connectivity index is 3.84. The molecular weight excluding hydrogens is 270 g/mol. The summed E-state index contributed by atoms with van der Waals surface area (Å²) < 4.78 is 0. The fraction of sp³-hybridized carbons (Fsp3) is 0.800. The van der Waals surface area contributed by atoms with Crippen molar-refractivity contribution in [1.29, 1.82) is 0 Å². The third-order valence-electron chi connectivity index (χ3n) is 3.41. The van der Waals surface area contributed by atoms with Crippen LogP contribution in [0.15, 0.2) is 0 Å². The molecule has 122 valence electrons. The lowest BCUT2D eigenvalue weighted by Gasteiger charge is -2.15. The van der Waals surface area contributed by atoms with Crippen molar-refractivity contribution in [2.75, 3.05) is 20.1 Å². The van der Waals surface area contributed by atoms with Gasteiger partial charge in [0.2, 0.25) is 5.91 Å². The van der Waals surface area contributed by atoms with Gasteiger partial charge in [0.15, 0.2) is 0 Å². The molecule has 0 aliphatic rings. The van der Waals surface area contributed by atoms with Crippen LogP contribution in [0.5, 0.6) is 0 Å². The highest BCUT2D eigenvalue weighted by molar-refractivity contribution is 5.88. The third-order valence-corrected chi connectivity index (χ3v) is 3.41. The van der Waals surface area contributed by atoms with Crippen LogP contribution in [0.25, 0.3) is 0 Å². The maximum Gasteiger partial charge on any atom is 0.222 e. The number of amides is 1. The van der Waals surface area contributed by atoms with Crippen molar-refractivity contribution >= 4 is 17.5 Å². The molecule has 6 nitrogen and oxygen atoms in total. The molecule has 1 amide bonds. The number of hydrogen-bond donors (Lipinski definition) is 3. The van der Waals surface area contributed by atoms with Crippen molar-refractivity contribution in [1.82, 2.24) is 16.0 Å². The fourth-order valence-electron chi connectivity index (χ4n) is 2.12. The molecule has 3 N–H and O–H groups in total. The van der Waals surface area contributed by atoms with Crippen LogP contribution in [0.4, 0.5) is 0 Å². The van der Waals surface area contributed by atoms with Gasteiger partial charge in [-0.15, -0.1) is 0 Å². The molecule has 0 aromatic heterocycles. The maximum absolute atomic E-state index is 11.7. The zero-order valence-corrected chi connectivity index (χ0v) is 13.6. The van der Waals surface area contributed by atoms with Crippen LogP contribution in [0, 0.1) is 0 Å². The minimum Gasteiger partial charge on any atom is -0.356 e. The summed E-state index contributed by atoms with van der Waals surface area (Å²) in [5.74, 6) is -0.00493. The molecule has 0 aliphatic heterocycles. The Bertz CT molecular complexity index is 345. The van der Waals surface area contributed by atoms with E-state index in [2.05, 4.69) is 16.0 Å². The molecule has 0 aliphatic carbocycles. The lowest BCUT2D eigenvalue weighted by Crippen LogP contribution is -2.40. The number of carbonyl (C=O) groups is 3. The summed E-state index contributed by atoms with van der Waals surface area (Å²) in [5.41, 5.74) is 0. The van der Waals surface area contributed by atoms with Gasteiger partial charge in [0.1, 0.15) is 11.6 Å². The normalized spacial score (nSPS) is 13.5. The summed E-state index contributed by atoms with van der Waals surface area (Å²) >= 11 is 0. The Morgan fingerprint density at radius 2 is 1.62 bits per heavy atom. The lowest BCUT2D eigenvalue weighted by molar-refractivity contribution is -0.126. The highest BCUT2D eigenvalue weighted by atomic mass is 16.2. The first-order valence-corrected chi connectivity index (χ1v) is 7.60. The second-order valence-corrected chi connectivity index (χ2v) is 5.22. The van der Waals surface area contributed by atoms with E-state index in [1.807, 2.05) is 6.92 Å². The second kappa shape index (κ2) is 11.4. The maximum atomic E-state index is 11.7. The van der Waals surface area contributed by atoms with Crippen molar-refractivity contribution in [3.63, 3.8) is 0 Å². The molecule has 0 saturated heterocycles. The van der Waals surface area contributed by atoms with Crippen molar-refractivity contribution in [3.8, 4) is 0 Å². The van der Waals surface area contributed by atoms with E-state index >= 15 is 0 Å². The molecule has 0 heterocycles. The van der Waals surface area contributed by atoms with Crippen LogP contribution < -0.4 is 16.0 Å². The zero-order chi connectivity index (χ0) is 16.3. The quantitative estimate of drug-likeness (QED) is 0.454. The molecule has 0 fully saturated rings. The van der Waals surface area contributed by atoms with Gasteiger partial charge >= 0.3 is 0 Å². The molecule has 0 saturated carbocycles. The van der Waals surface area contributed by atoms with Crippen molar-refractivity contribution < 1.29 is 14.4 Å². The molecule has 0 bridgehead atoms. The van der Waals surface area contributed by atoms with Gasteiger partial charge in [-0.05, 0) is 46.7 Å². The minimum absolute atomic E-state index is 0.0229. The van der Waals surface area contributed by atoms with E-state index in [0.29, 0.717) is 13.1 Å². The van der Waals surface area contributed by atoms with E-state index in [9.17, 15) is 14.4 Å². The molecule has 21 heavy (non-hydrogen) atoms. The van der Waals surface area contributed by atoms with Gasteiger partial charge in [-0.25, -0.2) is 0 Å². The SMILES string of the molecule is CCN[C@@H](CC(=O)NCCCC[C@H](NC)C(C)=O)C(C)=O. The average molecular weight is 299 g/mol. The number of ketones is 2. The lowest BCUT2D eigenvalue weighted by atomic mass is 10.1. The summed E-state index contributed by atoms with van der Waals surface area (Å²) in [6.07, 6.45) is 2.64. The Morgan fingerprint density at radius 1 is 1.00 bits per heavy atom. The average Bonchev–Trinajstić information content (AvgIpc) is 2.41. The standard InChI is InChI=1S/C15H29N3O3/c1-5-17-14(12(3)20)10-15(21)18-9-7-6-8-13(16-4)11(2)19/h13-14,16-17H,5-10H2,1-4H3,(H,18,21)/t13-,14-/m0/s1. The zero-order valence-electron chi connectivity index (χ0n) is 13.6. The van der Waals surface area contributed by atoms with E-state index in [4.69, 9.17) is 0 Å². The molecule has 0 aromatic rings. The summed E-state index contributed by atoms with van der Waals surface area (Å²) in [6, 6.07) is -0.502. The topological polar surface area (TPSA) is 87.3 Å². The van der Waals surface area contributed by atoms with E-state index < -0.39 is 6.04 Å². The molecule has 6 heteroatoms. The first kappa shape index (κ1) is 19.7. The predicted octanol–water partition coefficient (Wildman–Crippen LogP) is 0.407. The number of nitrogens with one attached hydrogen (secondary N) is 3. The van der Waals surface area contributed by atoms with E-state index in [1.165, 1.54) is 6.92 Å². The smallest absolute Gasteiger partial charge is 0.222 e. The Hall–Kier alpha value is -1.27. The first-order chi connectivity index (χ1) is 9.92. The second-order valence-electron chi connectivity index (χ2n) is 5.22. The van der Waals surface area contributed by atoms with Gasteiger partial charge in [0, 0.05) is 13.0 Å². The molecule has 0 rings (SSSR count). The number of carbonyl (C=O) groups excluding carboxylic acids is 3. The number of rotatable bonds is 12. The largest absolute Gasteiger partial charge is 0.356 e. The van der Waals surface area contributed by atoms with Crippen LogP contribution in [0.3, 0.4) is 0 Å². The van der Waals surface area contributed by atoms with E-state index in [-0.39, 0.29) is 29.9 Å². The van der Waals surface area contributed by atoms with E-state index in [0.717, 1.165) is 19.3 Å². The third kappa shape index (κ3) is 9.31. The molecule has 0 aromatic carbocycles. The van der Waals surface area contributed by atoms with Gasteiger partial charge in [-0.1, -0.05) is 6.92 Å². The molecule has 0 spiro atoms. The van der Waals surface area contributed by atoms with Gasteiger partial charge in [0.05, 0.1) is 12.1 Å². The molecule has 2 atom stereocenters. The van der Waals surface area contributed by atoms with Crippen LogP contribution in [-0.2, 0) is 14.4 Å². The van der Waals surface area contributed by atoms with Gasteiger partial charge in [-0.3, -0.25) is 14.4 Å². The van der Waals surface area contributed by atoms with Crippen molar-refractivity contribution in [2.24, 2.45) is 0 Å². The van der Waals surface area contributed by atoms with E-state index in [1.54, 1.807) is 14.0 Å². The molecular formula is C15H29N3O3. The molecule has 0 radical (unpaired) electrons. The Kier molecular flexibility index (Phi) is 10.7. The number of likely N-dealkylation sites (N-methyl/N-ethyl adjacent to an activating group) is 2. The van der Waals surface area contributed by atoms with Gasteiger partial charge < -0.3 is 16.0 Å². The molecule has 0 unspecified atom stereocenters. The summed E-state index contributed by atoms with van der Waals surface area (Å²) in [4.78, 5) is 34.3. The Labute approximate surface area is 127 Å².